The summed E-state index contributed by atoms with van der Waals surface area (Å²) in [6.07, 6.45) is -3.71. The fourth-order valence-corrected chi connectivity index (χ4v) is 4.52. The lowest BCUT2D eigenvalue weighted by Gasteiger charge is -2.24. The summed E-state index contributed by atoms with van der Waals surface area (Å²) >= 11 is 0. The zero-order valence-corrected chi connectivity index (χ0v) is 23.7. The van der Waals surface area contributed by atoms with Crippen LogP contribution in [0.15, 0.2) is 60.7 Å². The van der Waals surface area contributed by atoms with Crippen molar-refractivity contribution in [3.8, 4) is 0 Å². The minimum Gasteiger partial charge on any atom is -0.396 e. The number of aliphatic hydroxyl groups is 6. The molecular formula is C31H48O10. The highest BCUT2D eigenvalue weighted by molar-refractivity contribution is 5.14. The fraction of sp³-hybridized carbons (Fsp3) is 0.613. The van der Waals surface area contributed by atoms with E-state index in [1.807, 2.05) is 60.7 Å². The van der Waals surface area contributed by atoms with E-state index in [4.69, 9.17) is 18.9 Å². The molecular weight excluding hydrogens is 532 g/mol. The molecule has 41 heavy (non-hydrogen) atoms. The molecule has 0 spiro atoms. The molecule has 0 saturated heterocycles. The average Bonchev–Trinajstić information content (AvgIpc) is 2.94. The first kappa shape index (κ1) is 35.2. The first-order chi connectivity index (χ1) is 19.9. The molecule has 0 fully saturated rings. The lowest BCUT2D eigenvalue weighted by molar-refractivity contribution is -0.113. The van der Waals surface area contributed by atoms with E-state index in [-0.39, 0.29) is 58.9 Å². The summed E-state index contributed by atoms with van der Waals surface area (Å²) in [5.41, 5.74) is 2.01. The van der Waals surface area contributed by atoms with Crippen LogP contribution in [0, 0.1) is 0 Å². The lowest BCUT2D eigenvalue weighted by atomic mass is 9.96. The van der Waals surface area contributed by atoms with Crippen molar-refractivity contribution in [2.45, 2.75) is 94.8 Å². The van der Waals surface area contributed by atoms with Gasteiger partial charge < -0.3 is 49.6 Å². The van der Waals surface area contributed by atoms with Gasteiger partial charge in [0.1, 0.15) is 13.6 Å². The molecule has 0 amide bonds. The Morgan fingerprint density at radius 3 is 1.17 bits per heavy atom. The summed E-state index contributed by atoms with van der Waals surface area (Å²) in [6.45, 7) is 0.543. The van der Waals surface area contributed by atoms with Gasteiger partial charge in [0, 0.05) is 13.2 Å². The Labute approximate surface area is 243 Å². The van der Waals surface area contributed by atoms with Gasteiger partial charge in [-0.2, -0.15) is 0 Å². The zero-order valence-electron chi connectivity index (χ0n) is 23.7. The van der Waals surface area contributed by atoms with Crippen LogP contribution in [-0.4, -0.2) is 94.1 Å². The third-order valence-corrected chi connectivity index (χ3v) is 6.60. The summed E-state index contributed by atoms with van der Waals surface area (Å²) in [4.78, 5) is 0. The maximum atomic E-state index is 10.5. The number of hydrogen-bond donors (Lipinski definition) is 6. The molecule has 0 aliphatic heterocycles. The molecule has 6 N–H and O–H groups in total. The Bertz CT molecular complexity index is 800. The second-order valence-corrected chi connectivity index (χ2v) is 10.3. The van der Waals surface area contributed by atoms with Gasteiger partial charge in [-0.1, -0.05) is 60.7 Å². The number of rotatable bonds is 24. The highest BCUT2D eigenvalue weighted by Gasteiger charge is 2.23. The van der Waals surface area contributed by atoms with Crippen LogP contribution in [0.3, 0.4) is 0 Å². The highest BCUT2D eigenvalue weighted by atomic mass is 16.7. The van der Waals surface area contributed by atoms with E-state index in [9.17, 15) is 30.6 Å². The quantitative estimate of drug-likeness (QED) is 0.0804. The van der Waals surface area contributed by atoms with Gasteiger partial charge in [-0.15, -0.1) is 0 Å². The molecule has 2 aromatic rings. The Morgan fingerprint density at radius 2 is 0.829 bits per heavy atom. The standard InChI is InChI=1S/C31H48O10/c32-13-11-30(40-22-38-20-24-7-3-1-4-8-24)18-28(36)16-26(34)15-27(35)17-29(37)19-31(12-14-33)41-23-39-21-25-9-5-2-6-10-25/h1-10,26-37H,11-23H2/t26-,27-,28-,29+,30-,31-/m1/s1. The van der Waals surface area contributed by atoms with E-state index in [1.54, 1.807) is 0 Å². The first-order valence-electron chi connectivity index (χ1n) is 14.3. The van der Waals surface area contributed by atoms with Gasteiger partial charge >= 0.3 is 0 Å². The molecule has 0 heterocycles. The van der Waals surface area contributed by atoms with Crippen LogP contribution in [-0.2, 0) is 32.2 Å². The fourth-order valence-electron chi connectivity index (χ4n) is 4.52. The lowest BCUT2D eigenvalue weighted by Crippen LogP contribution is -2.30. The molecule has 0 radical (unpaired) electrons. The first-order valence-corrected chi connectivity index (χ1v) is 14.3. The topological polar surface area (TPSA) is 158 Å². The molecule has 0 aliphatic rings. The molecule has 232 valence electrons. The minimum atomic E-state index is -0.993. The summed E-state index contributed by atoms with van der Waals surface area (Å²) in [5, 5.41) is 60.4. The third kappa shape index (κ3) is 16.9. The van der Waals surface area contributed by atoms with Gasteiger partial charge in [-0.25, -0.2) is 0 Å². The maximum absolute atomic E-state index is 10.5. The Morgan fingerprint density at radius 1 is 0.488 bits per heavy atom. The average molecular weight is 581 g/mol. The molecule has 2 rings (SSSR count). The molecule has 6 atom stereocenters. The second kappa shape index (κ2) is 21.7. The van der Waals surface area contributed by atoms with Crippen molar-refractivity contribution in [2.75, 3.05) is 26.8 Å². The highest BCUT2D eigenvalue weighted by Crippen LogP contribution is 2.18. The zero-order chi connectivity index (χ0) is 29.7. The largest absolute Gasteiger partial charge is 0.396 e. The molecule has 0 aliphatic carbocycles. The van der Waals surface area contributed by atoms with Gasteiger partial charge in [0.15, 0.2) is 0 Å². The molecule has 0 unspecified atom stereocenters. The van der Waals surface area contributed by atoms with Gasteiger partial charge in [-0.3, -0.25) is 0 Å². The van der Waals surface area contributed by atoms with Crippen molar-refractivity contribution in [3.63, 3.8) is 0 Å². The SMILES string of the molecule is OCC[C@H](C[C@H](O)C[C@H](O)C[C@@H](O)C[C@H](O)C[C@@H](CCO)OCOCc1ccccc1)OCOCc1ccccc1. The van der Waals surface area contributed by atoms with Crippen molar-refractivity contribution < 1.29 is 49.6 Å². The number of benzene rings is 2. The molecule has 10 heteroatoms. The van der Waals surface area contributed by atoms with E-state index >= 15 is 0 Å². The molecule has 0 bridgehead atoms. The van der Waals surface area contributed by atoms with Crippen molar-refractivity contribution >= 4 is 0 Å². The molecule has 2 aromatic carbocycles. The number of hydrogen-bond acceptors (Lipinski definition) is 10. The van der Waals surface area contributed by atoms with E-state index in [0.29, 0.717) is 26.1 Å². The smallest absolute Gasteiger partial charge is 0.147 e. The van der Waals surface area contributed by atoms with Crippen molar-refractivity contribution in [1.82, 2.24) is 0 Å². The predicted octanol–water partition coefficient (Wildman–Crippen LogP) is 2.26. The van der Waals surface area contributed by atoms with Crippen LogP contribution in [0.1, 0.15) is 56.1 Å². The summed E-state index contributed by atoms with van der Waals surface area (Å²) in [5.74, 6) is 0. The monoisotopic (exact) mass is 580 g/mol. The molecule has 0 aromatic heterocycles. The van der Waals surface area contributed by atoms with Gasteiger partial charge in [0.05, 0.1) is 49.8 Å². The number of aliphatic hydroxyl groups excluding tert-OH is 6. The predicted molar refractivity (Wildman–Crippen MR) is 152 cm³/mol. The van der Waals surface area contributed by atoms with Crippen LogP contribution in [0.2, 0.25) is 0 Å². The number of ether oxygens (including phenoxy) is 4. The normalized spacial score (nSPS) is 16.1. The Hall–Kier alpha value is -1.96. The Kier molecular flexibility index (Phi) is 18.7. The van der Waals surface area contributed by atoms with Crippen molar-refractivity contribution in [1.29, 1.82) is 0 Å². The van der Waals surface area contributed by atoms with E-state index < -0.39 is 36.6 Å². The summed E-state index contributed by atoms with van der Waals surface area (Å²) in [7, 11) is 0. The van der Waals surface area contributed by atoms with E-state index in [1.165, 1.54) is 0 Å². The van der Waals surface area contributed by atoms with Crippen LogP contribution in [0.5, 0.6) is 0 Å². The van der Waals surface area contributed by atoms with Gasteiger partial charge in [0.25, 0.3) is 0 Å². The van der Waals surface area contributed by atoms with Gasteiger partial charge in [-0.05, 0) is 56.1 Å². The minimum absolute atomic E-state index is 0.00553. The maximum Gasteiger partial charge on any atom is 0.147 e. The van der Waals surface area contributed by atoms with Crippen LogP contribution in [0.4, 0.5) is 0 Å². The van der Waals surface area contributed by atoms with E-state index in [2.05, 4.69) is 0 Å². The van der Waals surface area contributed by atoms with Gasteiger partial charge in [0.2, 0.25) is 0 Å². The van der Waals surface area contributed by atoms with Crippen LogP contribution < -0.4 is 0 Å². The van der Waals surface area contributed by atoms with Crippen molar-refractivity contribution in [3.05, 3.63) is 71.8 Å². The second-order valence-electron chi connectivity index (χ2n) is 10.3. The summed E-state index contributed by atoms with van der Waals surface area (Å²) < 4.78 is 22.4. The Balaban J connectivity index is 1.64. The summed E-state index contributed by atoms with van der Waals surface area (Å²) in [6, 6.07) is 19.3. The van der Waals surface area contributed by atoms with E-state index in [0.717, 1.165) is 11.1 Å². The molecule has 10 nitrogen and oxygen atoms in total. The van der Waals surface area contributed by atoms with Crippen LogP contribution in [0.25, 0.3) is 0 Å². The third-order valence-electron chi connectivity index (χ3n) is 6.60. The van der Waals surface area contributed by atoms with Crippen LogP contribution >= 0.6 is 0 Å². The van der Waals surface area contributed by atoms with Crippen molar-refractivity contribution in [2.24, 2.45) is 0 Å². The molecule has 0 saturated carbocycles.